The van der Waals surface area contributed by atoms with Gasteiger partial charge in [-0.05, 0) is 6.42 Å². The topological polar surface area (TPSA) is 134 Å². The summed E-state index contributed by atoms with van der Waals surface area (Å²) in [6.07, 6.45) is 0.848. The Labute approximate surface area is 136 Å². The average molecular weight is 355 g/mol. The molecule has 0 heterocycles. The Bertz CT molecular complexity index is 403. The Balaban J connectivity index is 4.48. The highest BCUT2D eigenvalue weighted by Gasteiger charge is 2.25. The number of carbonyl (C=O) groups excluding carboxylic acids is 2. The summed E-state index contributed by atoms with van der Waals surface area (Å²) < 4.78 is 30.8. The minimum Gasteiger partial charge on any atom is -0.462 e. The molecule has 10 heteroatoms. The van der Waals surface area contributed by atoms with Gasteiger partial charge in [0, 0.05) is 19.4 Å². The van der Waals surface area contributed by atoms with Crippen LogP contribution in [0.15, 0.2) is 0 Å². The minimum absolute atomic E-state index is 0.0530. The van der Waals surface area contributed by atoms with Gasteiger partial charge < -0.3 is 20.1 Å². The van der Waals surface area contributed by atoms with Crippen molar-refractivity contribution in [1.82, 2.24) is 0 Å². The summed E-state index contributed by atoms with van der Waals surface area (Å²) in [7, 11) is -4.29. The number of rotatable bonds is 13. The van der Waals surface area contributed by atoms with E-state index < -0.39 is 32.5 Å². The number of ether oxygens (including phenoxy) is 2. The summed E-state index contributed by atoms with van der Waals surface area (Å²) in [5, 5.41) is 0. The average Bonchev–Trinajstić information content (AvgIpc) is 2.53. The molecule has 0 radical (unpaired) electrons. The lowest BCUT2D eigenvalue weighted by molar-refractivity contribution is -0.161. The lowest BCUT2D eigenvalue weighted by Gasteiger charge is -2.19. The number of phosphoric acid groups is 1. The van der Waals surface area contributed by atoms with Crippen molar-refractivity contribution in [2.45, 2.75) is 45.6 Å². The molecule has 3 N–H and O–H groups in total. The van der Waals surface area contributed by atoms with Crippen LogP contribution in [0.3, 0.4) is 0 Å². The number of hydrogen-bond acceptors (Lipinski definition) is 8. The number of phosphoric ester groups is 1. The zero-order chi connectivity index (χ0) is 17.7. The molecular formula is C13H26NO8P. The van der Waals surface area contributed by atoms with E-state index in [-0.39, 0.29) is 32.6 Å². The van der Waals surface area contributed by atoms with Crippen LogP contribution in [0.5, 0.6) is 0 Å². The summed E-state index contributed by atoms with van der Waals surface area (Å²) in [6, 6.07) is 0. The van der Waals surface area contributed by atoms with E-state index in [1.807, 2.05) is 6.92 Å². The molecule has 0 saturated carbocycles. The summed E-state index contributed by atoms with van der Waals surface area (Å²) >= 11 is 0. The molecule has 9 nitrogen and oxygen atoms in total. The van der Waals surface area contributed by atoms with Crippen LogP contribution in [-0.2, 0) is 32.7 Å². The molecule has 2 atom stereocenters. The quantitative estimate of drug-likeness (QED) is 0.368. The Kier molecular flexibility index (Phi) is 11.9. The summed E-state index contributed by atoms with van der Waals surface area (Å²) in [6.45, 7) is 2.74. The van der Waals surface area contributed by atoms with Gasteiger partial charge in [-0.2, -0.15) is 0 Å². The van der Waals surface area contributed by atoms with Crippen molar-refractivity contribution in [3.63, 3.8) is 0 Å². The van der Waals surface area contributed by atoms with Crippen LogP contribution in [-0.4, -0.2) is 49.3 Å². The van der Waals surface area contributed by atoms with Crippen molar-refractivity contribution in [3.8, 4) is 0 Å². The summed E-state index contributed by atoms with van der Waals surface area (Å²) in [5.74, 6) is -0.977. The molecule has 0 bridgehead atoms. The summed E-state index contributed by atoms with van der Waals surface area (Å²) in [4.78, 5) is 32.2. The fourth-order valence-corrected chi connectivity index (χ4v) is 2.12. The van der Waals surface area contributed by atoms with Crippen molar-refractivity contribution in [2.75, 3.05) is 26.4 Å². The normalized spacial score (nSPS) is 14.8. The van der Waals surface area contributed by atoms with E-state index in [0.717, 1.165) is 6.42 Å². The molecule has 0 aliphatic carbocycles. The molecule has 0 aromatic heterocycles. The van der Waals surface area contributed by atoms with E-state index in [1.54, 1.807) is 6.92 Å². The number of hydrogen-bond donors (Lipinski definition) is 2. The molecule has 0 aliphatic rings. The minimum atomic E-state index is -4.29. The number of nitrogens with two attached hydrogens (primary N) is 1. The van der Waals surface area contributed by atoms with E-state index in [0.29, 0.717) is 6.42 Å². The van der Waals surface area contributed by atoms with Crippen molar-refractivity contribution < 1.29 is 37.6 Å². The van der Waals surface area contributed by atoms with Crippen LogP contribution in [0.25, 0.3) is 0 Å². The lowest BCUT2D eigenvalue weighted by atomic mass is 10.2. The maximum absolute atomic E-state index is 11.6. The van der Waals surface area contributed by atoms with E-state index in [2.05, 4.69) is 4.52 Å². The van der Waals surface area contributed by atoms with E-state index in [4.69, 9.17) is 19.7 Å². The standard InChI is InChI=1S/C13H26NO8P/c1-3-5-6-13(16)22-11(9-19-12(15)4-2)10-21-23(17,18)20-8-7-14/h11H,3-10,14H2,1-2H3,(H,17,18)/t11-/m1/s1. The molecule has 1 unspecified atom stereocenters. The predicted molar refractivity (Wildman–Crippen MR) is 81.4 cm³/mol. The Morgan fingerprint density at radius 3 is 2.43 bits per heavy atom. The van der Waals surface area contributed by atoms with Crippen molar-refractivity contribution >= 4 is 19.8 Å². The zero-order valence-electron chi connectivity index (χ0n) is 13.6. The summed E-state index contributed by atoms with van der Waals surface area (Å²) in [5.41, 5.74) is 5.16. The molecule has 0 rings (SSSR count). The molecule has 0 aromatic carbocycles. The van der Waals surface area contributed by atoms with Crippen molar-refractivity contribution in [1.29, 1.82) is 0 Å². The number of esters is 2. The second-order valence-corrected chi connectivity index (χ2v) is 6.09. The van der Waals surface area contributed by atoms with Crippen LogP contribution < -0.4 is 5.73 Å². The number of carbonyl (C=O) groups is 2. The molecule has 136 valence electrons. The monoisotopic (exact) mass is 355 g/mol. The zero-order valence-corrected chi connectivity index (χ0v) is 14.5. The third-order valence-electron chi connectivity index (χ3n) is 2.55. The van der Waals surface area contributed by atoms with Gasteiger partial charge in [0.2, 0.25) is 0 Å². The van der Waals surface area contributed by atoms with E-state index >= 15 is 0 Å². The molecule has 0 aliphatic heterocycles. The van der Waals surface area contributed by atoms with Gasteiger partial charge >= 0.3 is 19.8 Å². The fraction of sp³-hybridized carbons (Fsp3) is 0.846. The highest BCUT2D eigenvalue weighted by Crippen LogP contribution is 2.43. The van der Waals surface area contributed by atoms with Gasteiger partial charge in [-0.3, -0.25) is 18.6 Å². The third-order valence-corrected chi connectivity index (χ3v) is 3.53. The predicted octanol–water partition coefficient (Wildman–Crippen LogP) is 1.13. The van der Waals surface area contributed by atoms with Gasteiger partial charge in [-0.15, -0.1) is 0 Å². The third kappa shape index (κ3) is 12.1. The Morgan fingerprint density at radius 2 is 1.87 bits per heavy atom. The SMILES string of the molecule is CCCCC(=O)O[C@H](COC(=O)CC)COP(=O)(O)OCCN. The van der Waals surface area contributed by atoms with Crippen LogP contribution in [0.4, 0.5) is 0 Å². The fourth-order valence-electron chi connectivity index (χ4n) is 1.35. The second kappa shape index (κ2) is 12.4. The smallest absolute Gasteiger partial charge is 0.462 e. The molecule has 23 heavy (non-hydrogen) atoms. The van der Waals surface area contributed by atoms with E-state index in [1.165, 1.54) is 0 Å². The molecular weight excluding hydrogens is 329 g/mol. The maximum atomic E-state index is 11.6. The first-order chi connectivity index (χ1) is 10.8. The van der Waals surface area contributed by atoms with Gasteiger partial charge in [0.05, 0.1) is 13.2 Å². The van der Waals surface area contributed by atoms with Crippen LogP contribution >= 0.6 is 7.82 Å². The Hall–Kier alpha value is -0.990. The van der Waals surface area contributed by atoms with E-state index in [9.17, 15) is 19.0 Å². The largest absolute Gasteiger partial charge is 0.472 e. The van der Waals surface area contributed by atoms with Gasteiger partial charge in [0.1, 0.15) is 6.61 Å². The van der Waals surface area contributed by atoms with Gasteiger partial charge in [0.15, 0.2) is 6.10 Å². The van der Waals surface area contributed by atoms with Crippen LogP contribution in [0.1, 0.15) is 39.5 Å². The second-order valence-electron chi connectivity index (χ2n) is 4.64. The van der Waals surface area contributed by atoms with Crippen molar-refractivity contribution in [2.24, 2.45) is 5.73 Å². The van der Waals surface area contributed by atoms with Gasteiger partial charge in [-0.25, -0.2) is 4.57 Å². The highest BCUT2D eigenvalue weighted by molar-refractivity contribution is 7.47. The lowest BCUT2D eigenvalue weighted by Crippen LogP contribution is -2.29. The first-order valence-electron chi connectivity index (χ1n) is 7.51. The van der Waals surface area contributed by atoms with Gasteiger partial charge in [0.25, 0.3) is 0 Å². The molecule has 0 spiro atoms. The maximum Gasteiger partial charge on any atom is 0.472 e. The first-order valence-corrected chi connectivity index (χ1v) is 9.01. The molecule has 0 saturated heterocycles. The molecule has 0 aromatic rings. The van der Waals surface area contributed by atoms with Crippen LogP contribution in [0.2, 0.25) is 0 Å². The molecule has 0 amide bonds. The highest BCUT2D eigenvalue weighted by atomic mass is 31.2. The first kappa shape index (κ1) is 22.0. The van der Waals surface area contributed by atoms with Crippen LogP contribution in [0, 0.1) is 0 Å². The van der Waals surface area contributed by atoms with Gasteiger partial charge in [-0.1, -0.05) is 20.3 Å². The van der Waals surface area contributed by atoms with Crippen molar-refractivity contribution in [3.05, 3.63) is 0 Å². The Morgan fingerprint density at radius 1 is 1.17 bits per heavy atom. The molecule has 0 fully saturated rings. The number of unbranched alkanes of at least 4 members (excludes halogenated alkanes) is 1.